The molecule has 0 bridgehead atoms. The van der Waals surface area contributed by atoms with Gasteiger partial charge in [0.15, 0.2) is 0 Å². The molecule has 3 aliphatic heterocycles. The fraction of sp³-hybridized carbons (Fsp3) is 0.255. The van der Waals surface area contributed by atoms with Crippen molar-refractivity contribution in [3.63, 3.8) is 0 Å². The molecule has 55 heavy (non-hydrogen) atoms. The van der Waals surface area contributed by atoms with E-state index in [2.05, 4.69) is 144 Å². The van der Waals surface area contributed by atoms with E-state index in [1.165, 1.54) is 5.56 Å². The van der Waals surface area contributed by atoms with E-state index in [0.717, 1.165) is 51.8 Å². The minimum atomic E-state index is -0.779. The molecule has 0 saturated carbocycles. The number of amides is 1. The predicted molar refractivity (Wildman–Crippen MR) is 215 cm³/mol. The highest BCUT2D eigenvalue weighted by Gasteiger charge is 2.55. The average Bonchev–Trinajstić information content (AvgIpc) is 3.93. The maximum absolute atomic E-state index is 13.7. The van der Waals surface area contributed by atoms with Crippen molar-refractivity contribution in [2.24, 2.45) is 5.41 Å². The summed E-state index contributed by atoms with van der Waals surface area (Å²) in [7, 11) is 2.20. The highest BCUT2D eigenvalue weighted by atomic mass is 16.5. The smallest absolute Gasteiger partial charge is 0.329 e. The van der Waals surface area contributed by atoms with Crippen LogP contribution in [0, 0.1) is 5.41 Å². The molecule has 2 unspecified atom stereocenters. The normalized spacial score (nSPS) is 21.3. The van der Waals surface area contributed by atoms with Crippen LogP contribution in [0.3, 0.4) is 0 Å². The van der Waals surface area contributed by atoms with Crippen LogP contribution in [0.1, 0.15) is 58.8 Å². The Hall–Kier alpha value is -5.99. The van der Waals surface area contributed by atoms with Gasteiger partial charge in [-0.2, -0.15) is 9.89 Å². The molecule has 0 aliphatic carbocycles. The Morgan fingerprint density at radius 2 is 1.51 bits per heavy atom. The second-order valence-corrected chi connectivity index (χ2v) is 15.3. The van der Waals surface area contributed by atoms with Gasteiger partial charge in [-0.1, -0.05) is 146 Å². The topological polar surface area (TPSA) is 79.7 Å². The van der Waals surface area contributed by atoms with Crippen molar-refractivity contribution in [2.45, 2.75) is 43.4 Å². The first-order chi connectivity index (χ1) is 27.0. The highest BCUT2D eigenvalue weighted by Crippen LogP contribution is 2.48. The van der Waals surface area contributed by atoms with Gasteiger partial charge in [0.2, 0.25) is 5.91 Å². The summed E-state index contributed by atoms with van der Waals surface area (Å²) < 4.78 is 5.81. The van der Waals surface area contributed by atoms with Gasteiger partial charge < -0.3 is 10.1 Å². The van der Waals surface area contributed by atoms with Crippen LogP contribution in [0.5, 0.6) is 0 Å². The molecule has 8 nitrogen and oxygen atoms in total. The van der Waals surface area contributed by atoms with Gasteiger partial charge in [0.05, 0.1) is 16.6 Å². The number of ether oxygens (including phenoxy) is 1. The summed E-state index contributed by atoms with van der Waals surface area (Å²) in [5, 5.41) is 11.9. The standard InChI is InChI=1S/C47H45N5O3/c1-50-28-14-13-25-40(50)35-18-15-23-38(30-35)47(36-19-7-3-8-20-36,37-21-9-4-10-22-37)43-39-24-11-12-26-41(39)52(49-43)51-29-27-46(33-51)31-42(53)48-44(46)45(54)55-32-34-16-5-2-6-17-34/h2-24,26,30,40,44H,25,27-29,31-33H2,1H3,(H,48,53)/t40?,44-,46?/m0/s1. The summed E-state index contributed by atoms with van der Waals surface area (Å²) in [6.07, 6.45) is 6.39. The number of fused-ring (bicyclic) bond motifs is 1. The largest absolute Gasteiger partial charge is 0.459 e. The van der Waals surface area contributed by atoms with Crippen molar-refractivity contribution in [3.8, 4) is 0 Å². The van der Waals surface area contributed by atoms with E-state index in [1.54, 1.807) is 0 Å². The molecule has 5 aromatic carbocycles. The third-order valence-electron chi connectivity index (χ3n) is 12.0. The minimum Gasteiger partial charge on any atom is -0.459 e. The molecule has 1 amide bonds. The number of nitrogens with zero attached hydrogens (tertiary/aromatic N) is 4. The van der Waals surface area contributed by atoms with Gasteiger partial charge in [0.1, 0.15) is 12.6 Å². The molecular weight excluding hydrogens is 683 g/mol. The molecule has 276 valence electrons. The zero-order valence-corrected chi connectivity index (χ0v) is 31.1. The highest BCUT2D eigenvalue weighted by molar-refractivity contribution is 5.90. The molecule has 6 aromatic rings. The van der Waals surface area contributed by atoms with Crippen molar-refractivity contribution in [1.29, 1.82) is 0 Å². The predicted octanol–water partition coefficient (Wildman–Crippen LogP) is 7.31. The monoisotopic (exact) mass is 727 g/mol. The number of nitrogens with one attached hydrogen (secondary N) is 1. The van der Waals surface area contributed by atoms with E-state index in [1.807, 2.05) is 35.1 Å². The van der Waals surface area contributed by atoms with Gasteiger partial charge in [-0.3, -0.25) is 14.7 Å². The molecule has 9 rings (SSSR count). The Kier molecular flexibility index (Phi) is 9.06. The van der Waals surface area contributed by atoms with Crippen molar-refractivity contribution in [1.82, 2.24) is 20.1 Å². The summed E-state index contributed by atoms with van der Waals surface area (Å²) in [4.78, 5) is 31.2. The van der Waals surface area contributed by atoms with Gasteiger partial charge in [0.25, 0.3) is 0 Å². The number of hydrogen-bond acceptors (Lipinski definition) is 6. The molecule has 1 N–H and O–H groups in total. The van der Waals surface area contributed by atoms with Crippen LogP contribution in [-0.2, 0) is 26.3 Å². The lowest BCUT2D eigenvalue weighted by Crippen LogP contribution is -2.47. The third kappa shape index (κ3) is 6.11. The van der Waals surface area contributed by atoms with E-state index in [0.29, 0.717) is 19.5 Å². The first-order valence-electron chi connectivity index (χ1n) is 19.3. The van der Waals surface area contributed by atoms with Crippen molar-refractivity contribution in [3.05, 3.63) is 185 Å². The molecule has 8 heteroatoms. The SMILES string of the molecule is CN1CC=CCC1c1cccc(C(c2ccccc2)(c2ccccc2)c2nn(N3CCC4(CC(=O)N[C@H]4C(=O)OCc4ccccc4)C3)c3ccccc23)c1. The van der Waals surface area contributed by atoms with Crippen molar-refractivity contribution in [2.75, 3.05) is 31.7 Å². The maximum atomic E-state index is 13.7. The average molecular weight is 728 g/mol. The molecular formula is C47H45N5O3. The number of likely N-dealkylation sites (N-methyl/N-ethyl adjacent to an activating group) is 1. The number of benzene rings is 5. The summed E-state index contributed by atoms with van der Waals surface area (Å²) in [5.74, 6) is -0.519. The molecule has 1 aromatic heterocycles. The van der Waals surface area contributed by atoms with Crippen molar-refractivity contribution >= 4 is 22.8 Å². The van der Waals surface area contributed by atoms with Crippen LogP contribution in [0.4, 0.5) is 0 Å². The maximum Gasteiger partial charge on any atom is 0.329 e. The Bertz CT molecular complexity index is 2320. The molecule has 3 aliphatic rings. The number of esters is 1. The molecule has 1 spiro atoms. The van der Waals surface area contributed by atoms with Crippen LogP contribution < -0.4 is 10.3 Å². The van der Waals surface area contributed by atoms with Crippen LogP contribution in [0.25, 0.3) is 10.9 Å². The van der Waals surface area contributed by atoms with Crippen LogP contribution in [-0.4, -0.2) is 59.4 Å². The van der Waals surface area contributed by atoms with Crippen LogP contribution in [0.15, 0.2) is 152 Å². The first kappa shape index (κ1) is 34.8. The lowest BCUT2D eigenvalue weighted by molar-refractivity contribution is -0.150. The number of hydrogen-bond donors (Lipinski definition) is 1. The van der Waals surface area contributed by atoms with Gasteiger partial charge in [0, 0.05) is 42.9 Å². The lowest BCUT2D eigenvalue weighted by atomic mass is 9.66. The summed E-state index contributed by atoms with van der Waals surface area (Å²) in [5.41, 5.74) is 6.06. The lowest BCUT2D eigenvalue weighted by Gasteiger charge is -2.36. The van der Waals surface area contributed by atoms with E-state index >= 15 is 0 Å². The number of para-hydroxylation sites is 1. The second-order valence-electron chi connectivity index (χ2n) is 15.3. The van der Waals surface area contributed by atoms with Crippen LogP contribution >= 0.6 is 0 Å². The molecule has 2 fully saturated rings. The van der Waals surface area contributed by atoms with E-state index < -0.39 is 22.8 Å². The third-order valence-corrected chi connectivity index (χ3v) is 12.0. The Morgan fingerprint density at radius 1 is 0.836 bits per heavy atom. The first-order valence-corrected chi connectivity index (χ1v) is 19.3. The number of aromatic nitrogens is 2. The minimum absolute atomic E-state index is 0.124. The molecule has 4 heterocycles. The van der Waals surface area contributed by atoms with E-state index in [4.69, 9.17) is 9.84 Å². The number of rotatable bonds is 9. The zero-order valence-electron chi connectivity index (χ0n) is 31.1. The summed E-state index contributed by atoms with van der Waals surface area (Å²) in [6.45, 7) is 2.18. The van der Waals surface area contributed by atoms with Crippen LogP contribution in [0.2, 0.25) is 0 Å². The summed E-state index contributed by atoms with van der Waals surface area (Å²) in [6, 6.07) is 48.2. The Balaban J connectivity index is 1.17. The van der Waals surface area contributed by atoms with Gasteiger partial charge in [-0.05, 0) is 53.8 Å². The fourth-order valence-electron chi connectivity index (χ4n) is 9.30. The quantitative estimate of drug-likeness (QED) is 0.0957. The summed E-state index contributed by atoms with van der Waals surface area (Å²) >= 11 is 0. The van der Waals surface area contributed by atoms with Gasteiger partial charge in [-0.15, -0.1) is 0 Å². The Morgan fingerprint density at radius 3 is 2.24 bits per heavy atom. The van der Waals surface area contributed by atoms with Gasteiger partial charge in [-0.25, -0.2) is 4.79 Å². The van der Waals surface area contributed by atoms with Gasteiger partial charge >= 0.3 is 5.97 Å². The fourth-order valence-corrected chi connectivity index (χ4v) is 9.30. The van der Waals surface area contributed by atoms with Crippen molar-refractivity contribution < 1.29 is 14.3 Å². The number of carbonyl (C=O) groups excluding carboxylic acids is 2. The zero-order chi connectivity index (χ0) is 37.4. The molecule has 2 saturated heterocycles. The molecule has 0 radical (unpaired) electrons. The Labute approximate surface area is 322 Å². The molecule has 3 atom stereocenters. The van der Waals surface area contributed by atoms with E-state index in [-0.39, 0.29) is 25.0 Å². The second kappa shape index (κ2) is 14.3. The van der Waals surface area contributed by atoms with E-state index in [9.17, 15) is 9.59 Å². The number of carbonyl (C=O) groups is 2.